The highest BCUT2D eigenvalue weighted by Crippen LogP contribution is 1.99. The molecule has 1 heterocycles. The molecule has 68 valence electrons. The predicted octanol–water partition coefficient (Wildman–Crippen LogP) is 0.719. The zero-order chi connectivity index (χ0) is 9.03. The van der Waals surface area contributed by atoms with Gasteiger partial charge in [-0.15, -0.1) is 0 Å². The Morgan fingerprint density at radius 1 is 1.58 bits per heavy atom. The van der Waals surface area contributed by atoms with Gasteiger partial charge in [0.05, 0.1) is 18.3 Å². The first-order valence-electron chi connectivity index (χ1n) is 3.62. The van der Waals surface area contributed by atoms with Gasteiger partial charge in [0, 0.05) is 12.1 Å². The van der Waals surface area contributed by atoms with Gasteiger partial charge in [0.15, 0.2) is 0 Å². The lowest BCUT2D eigenvalue weighted by atomic mass is 10.4. The van der Waals surface area contributed by atoms with E-state index >= 15 is 0 Å². The van der Waals surface area contributed by atoms with Crippen molar-refractivity contribution >= 4 is 10.0 Å². The summed E-state index contributed by atoms with van der Waals surface area (Å²) in [5, 5.41) is 0. The van der Waals surface area contributed by atoms with Crippen molar-refractivity contribution < 1.29 is 12.8 Å². The molecule has 0 aliphatic heterocycles. The lowest BCUT2D eigenvalue weighted by Gasteiger charge is -2.00. The zero-order valence-electron chi connectivity index (χ0n) is 6.78. The van der Waals surface area contributed by atoms with E-state index in [0.717, 1.165) is 5.56 Å². The highest BCUT2D eigenvalue weighted by atomic mass is 32.2. The van der Waals surface area contributed by atoms with Crippen LogP contribution in [-0.2, 0) is 16.6 Å². The van der Waals surface area contributed by atoms with Crippen molar-refractivity contribution in [2.45, 2.75) is 13.5 Å². The van der Waals surface area contributed by atoms with Crippen LogP contribution in [0.1, 0.15) is 12.5 Å². The summed E-state index contributed by atoms with van der Waals surface area (Å²) < 4.78 is 29.1. The van der Waals surface area contributed by atoms with E-state index < -0.39 is 10.0 Å². The molecule has 0 saturated carbocycles. The van der Waals surface area contributed by atoms with Gasteiger partial charge in [0.25, 0.3) is 0 Å². The van der Waals surface area contributed by atoms with Gasteiger partial charge in [-0.25, -0.2) is 13.1 Å². The minimum atomic E-state index is -3.09. The van der Waals surface area contributed by atoms with Crippen LogP contribution < -0.4 is 4.72 Å². The summed E-state index contributed by atoms with van der Waals surface area (Å²) in [7, 11) is -3.09. The monoisotopic (exact) mass is 189 g/mol. The zero-order valence-corrected chi connectivity index (χ0v) is 7.60. The summed E-state index contributed by atoms with van der Waals surface area (Å²) in [6.45, 7) is 1.89. The Hall–Kier alpha value is -0.810. The first-order chi connectivity index (χ1) is 5.64. The summed E-state index contributed by atoms with van der Waals surface area (Å²) in [5.74, 6) is 0.102. The molecule has 1 aromatic heterocycles. The van der Waals surface area contributed by atoms with Crippen LogP contribution in [0.5, 0.6) is 0 Å². The van der Waals surface area contributed by atoms with Crippen LogP contribution in [-0.4, -0.2) is 14.2 Å². The van der Waals surface area contributed by atoms with Gasteiger partial charge in [0.1, 0.15) is 0 Å². The van der Waals surface area contributed by atoms with E-state index in [4.69, 9.17) is 4.42 Å². The number of nitrogens with one attached hydrogen (secondary N) is 1. The Morgan fingerprint density at radius 2 is 2.33 bits per heavy atom. The van der Waals surface area contributed by atoms with E-state index in [0.29, 0.717) is 6.54 Å². The summed E-state index contributed by atoms with van der Waals surface area (Å²) in [5.41, 5.74) is 0.826. The fourth-order valence-corrected chi connectivity index (χ4v) is 1.28. The fraction of sp³-hybridized carbons (Fsp3) is 0.429. The first-order valence-corrected chi connectivity index (χ1v) is 5.27. The van der Waals surface area contributed by atoms with Gasteiger partial charge in [-0.1, -0.05) is 0 Å². The van der Waals surface area contributed by atoms with Gasteiger partial charge in [-0.3, -0.25) is 0 Å². The predicted molar refractivity (Wildman–Crippen MR) is 45.0 cm³/mol. The Kier molecular flexibility index (Phi) is 2.88. The second kappa shape index (κ2) is 3.73. The number of hydrogen-bond acceptors (Lipinski definition) is 3. The van der Waals surface area contributed by atoms with E-state index in [1.165, 1.54) is 12.5 Å². The topological polar surface area (TPSA) is 59.3 Å². The lowest BCUT2D eigenvalue weighted by molar-refractivity contribution is 0.561. The Labute approximate surface area is 71.6 Å². The van der Waals surface area contributed by atoms with Crippen molar-refractivity contribution in [3.05, 3.63) is 24.2 Å². The molecule has 0 aliphatic rings. The molecule has 0 bridgehead atoms. The summed E-state index contributed by atoms with van der Waals surface area (Å²) in [4.78, 5) is 0. The molecule has 0 atom stereocenters. The summed E-state index contributed by atoms with van der Waals surface area (Å²) in [6, 6.07) is 1.72. The van der Waals surface area contributed by atoms with Crippen LogP contribution >= 0.6 is 0 Å². The minimum absolute atomic E-state index is 0.102. The Balaban J connectivity index is 2.47. The minimum Gasteiger partial charge on any atom is -0.472 e. The van der Waals surface area contributed by atoms with Crippen LogP contribution in [0.3, 0.4) is 0 Å². The van der Waals surface area contributed by atoms with Crippen LogP contribution in [0.15, 0.2) is 23.0 Å². The van der Waals surface area contributed by atoms with Crippen LogP contribution in [0.2, 0.25) is 0 Å². The molecule has 12 heavy (non-hydrogen) atoms. The van der Waals surface area contributed by atoms with Gasteiger partial charge in [-0.05, 0) is 13.0 Å². The second-order valence-electron chi connectivity index (χ2n) is 2.36. The number of rotatable bonds is 4. The molecule has 5 heteroatoms. The first kappa shape index (κ1) is 9.28. The third kappa shape index (κ3) is 2.67. The number of furan rings is 1. The normalized spacial score (nSPS) is 11.8. The fourth-order valence-electron chi connectivity index (χ4n) is 0.689. The molecule has 0 radical (unpaired) electrons. The molecule has 0 fully saturated rings. The molecule has 0 amide bonds. The molecule has 1 aromatic rings. The molecular weight excluding hydrogens is 178 g/mol. The van der Waals surface area contributed by atoms with Crippen LogP contribution in [0, 0.1) is 0 Å². The molecule has 4 nitrogen and oxygen atoms in total. The van der Waals surface area contributed by atoms with E-state index in [1.807, 2.05) is 0 Å². The van der Waals surface area contributed by atoms with Crippen molar-refractivity contribution in [1.82, 2.24) is 4.72 Å². The Bertz CT molecular complexity index is 314. The average molecular weight is 189 g/mol. The SMILES string of the molecule is CCS(=O)(=O)NCc1ccoc1. The van der Waals surface area contributed by atoms with Crippen LogP contribution in [0.25, 0.3) is 0 Å². The van der Waals surface area contributed by atoms with Gasteiger partial charge >= 0.3 is 0 Å². The van der Waals surface area contributed by atoms with Crippen molar-refractivity contribution in [2.75, 3.05) is 5.75 Å². The molecule has 1 N–H and O–H groups in total. The number of hydrogen-bond donors (Lipinski definition) is 1. The van der Waals surface area contributed by atoms with E-state index in [2.05, 4.69) is 4.72 Å². The van der Waals surface area contributed by atoms with E-state index in [-0.39, 0.29) is 5.75 Å². The molecule has 0 spiro atoms. The maximum absolute atomic E-state index is 11.0. The van der Waals surface area contributed by atoms with Gasteiger partial charge in [0.2, 0.25) is 10.0 Å². The van der Waals surface area contributed by atoms with Crippen molar-refractivity contribution in [2.24, 2.45) is 0 Å². The smallest absolute Gasteiger partial charge is 0.211 e. The third-order valence-corrected chi connectivity index (χ3v) is 2.80. The standard InChI is InChI=1S/C7H11NO3S/c1-2-12(9,10)8-5-7-3-4-11-6-7/h3-4,6,8H,2,5H2,1H3. The van der Waals surface area contributed by atoms with E-state index in [9.17, 15) is 8.42 Å². The third-order valence-electron chi connectivity index (χ3n) is 1.46. The van der Waals surface area contributed by atoms with E-state index in [1.54, 1.807) is 13.0 Å². The molecule has 1 rings (SSSR count). The average Bonchev–Trinajstić information content (AvgIpc) is 2.53. The molecule has 0 saturated heterocycles. The summed E-state index contributed by atoms with van der Waals surface area (Å²) in [6.07, 6.45) is 3.02. The largest absolute Gasteiger partial charge is 0.472 e. The van der Waals surface area contributed by atoms with Crippen LogP contribution in [0.4, 0.5) is 0 Å². The molecule has 0 aliphatic carbocycles. The molecular formula is C7H11NO3S. The van der Waals surface area contributed by atoms with Gasteiger partial charge < -0.3 is 4.42 Å². The maximum atomic E-state index is 11.0. The second-order valence-corrected chi connectivity index (χ2v) is 4.45. The quantitative estimate of drug-likeness (QED) is 0.759. The van der Waals surface area contributed by atoms with Gasteiger partial charge in [-0.2, -0.15) is 0 Å². The summed E-state index contributed by atoms with van der Waals surface area (Å²) >= 11 is 0. The highest BCUT2D eigenvalue weighted by molar-refractivity contribution is 7.89. The van der Waals surface area contributed by atoms with Crippen molar-refractivity contribution in [3.8, 4) is 0 Å². The molecule has 0 aromatic carbocycles. The lowest BCUT2D eigenvalue weighted by Crippen LogP contribution is -2.24. The molecule has 0 unspecified atom stereocenters. The highest BCUT2D eigenvalue weighted by Gasteiger charge is 2.05. The Morgan fingerprint density at radius 3 is 2.83 bits per heavy atom. The maximum Gasteiger partial charge on any atom is 0.211 e. The van der Waals surface area contributed by atoms with Crippen molar-refractivity contribution in [3.63, 3.8) is 0 Å². The van der Waals surface area contributed by atoms with Crippen molar-refractivity contribution in [1.29, 1.82) is 0 Å². The number of sulfonamides is 1.